The number of aliphatic hydroxyl groups is 1. The third kappa shape index (κ3) is 3.65. The Morgan fingerprint density at radius 1 is 1.14 bits per heavy atom. The van der Waals surface area contributed by atoms with E-state index in [0.29, 0.717) is 11.3 Å². The predicted molar refractivity (Wildman–Crippen MR) is 84.0 cm³/mol. The average molecular weight is 311 g/mol. The first-order valence-electron chi connectivity index (χ1n) is 7.65. The van der Waals surface area contributed by atoms with E-state index < -0.39 is 15.1 Å². The van der Waals surface area contributed by atoms with Gasteiger partial charge >= 0.3 is 0 Å². The second-order valence-electron chi connectivity index (χ2n) is 5.93. The molecule has 0 saturated carbocycles. The van der Waals surface area contributed by atoms with Gasteiger partial charge in [0.05, 0.1) is 10.1 Å². The minimum atomic E-state index is -3.21. The van der Waals surface area contributed by atoms with Gasteiger partial charge in [0.15, 0.2) is 9.84 Å². The Hall–Kier alpha value is -0.910. The lowest BCUT2D eigenvalue weighted by atomic mass is 10.0. The molecule has 1 N–H and O–H groups in total. The molecule has 0 amide bonds. The zero-order valence-corrected chi connectivity index (χ0v) is 13.6. The Morgan fingerprint density at radius 3 is 2.19 bits per heavy atom. The van der Waals surface area contributed by atoms with Gasteiger partial charge in [0.2, 0.25) is 0 Å². The molecule has 0 radical (unpaired) electrons. The van der Waals surface area contributed by atoms with Crippen LogP contribution in [0.25, 0.3) is 0 Å². The normalized spacial score (nSPS) is 18.3. The zero-order chi connectivity index (χ0) is 15.5. The van der Waals surface area contributed by atoms with Crippen LogP contribution in [0.1, 0.15) is 44.7 Å². The molecule has 1 aromatic carbocycles. The van der Waals surface area contributed by atoms with E-state index in [4.69, 9.17) is 0 Å². The van der Waals surface area contributed by atoms with E-state index >= 15 is 0 Å². The fourth-order valence-electron chi connectivity index (χ4n) is 2.89. The van der Waals surface area contributed by atoms with Gasteiger partial charge in [-0.1, -0.05) is 12.1 Å². The largest absolute Gasteiger partial charge is 0.396 e. The molecule has 2 rings (SSSR count). The lowest BCUT2D eigenvalue weighted by Gasteiger charge is -2.27. The second-order valence-corrected chi connectivity index (χ2v) is 8.44. The van der Waals surface area contributed by atoms with Gasteiger partial charge in [0, 0.05) is 12.6 Å². The van der Waals surface area contributed by atoms with Gasteiger partial charge < -0.3 is 5.11 Å². The van der Waals surface area contributed by atoms with Crippen molar-refractivity contribution in [2.75, 3.05) is 19.7 Å². The summed E-state index contributed by atoms with van der Waals surface area (Å²) in [6, 6.07) is 7.38. The van der Waals surface area contributed by atoms with Crippen molar-refractivity contribution >= 4 is 9.84 Å². The zero-order valence-electron chi connectivity index (χ0n) is 12.8. The molecule has 1 unspecified atom stereocenters. The Morgan fingerprint density at radius 2 is 1.71 bits per heavy atom. The van der Waals surface area contributed by atoms with Gasteiger partial charge in [0.25, 0.3) is 0 Å². The quantitative estimate of drug-likeness (QED) is 0.876. The number of hydrogen-bond donors (Lipinski definition) is 1. The third-order valence-corrected chi connectivity index (χ3v) is 6.37. The van der Waals surface area contributed by atoms with Crippen LogP contribution in [0.4, 0.5) is 0 Å². The van der Waals surface area contributed by atoms with Crippen molar-refractivity contribution in [3.8, 4) is 0 Å². The van der Waals surface area contributed by atoms with Crippen molar-refractivity contribution in [1.82, 2.24) is 4.90 Å². The molecule has 1 atom stereocenters. The molecule has 1 saturated heterocycles. The molecule has 5 heteroatoms. The van der Waals surface area contributed by atoms with Gasteiger partial charge in [-0.3, -0.25) is 4.90 Å². The molecule has 0 aromatic heterocycles. The van der Waals surface area contributed by atoms with Crippen LogP contribution in [0.5, 0.6) is 0 Å². The van der Waals surface area contributed by atoms with Crippen molar-refractivity contribution in [3.05, 3.63) is 29.8 Å². The molecule has 0 spiro atoms. The first kappa shape index (κ1) is 16.5. The molecule has 118 valence electrons. The van der Waals surface area contributed by atoms with E-state index in [9.17, 15) is 13.5 Å². The van der Waals surface area contributed by atoms with Gasteiger partial charge in [-0.2, -0.15) is 0 Å². The molecule has 1 aliphatic rings. The first-order chi connectivity index (χ1) is 9.96. The van der Waals surface area contributed by atoms with Crippen LogP contribution < -0.4 is 0 Å². The molecule has 1 heterocycles. The van der Waals surface area contributed by atoms with Gasteiger partial charge in [-0.25, -0.2) is 8.42 Å². The Labute approximate surface area is 127 Å². The van der Waals surface area contributed by atoms with Crippen LogP contribution in [-0.4, -0.2) is 43.4 Å². The number of likely N-dealkylation sites (tertiary alicyclic amines) is 1. The maximum absolute atomic E-state index is 12.1. The predicted octanol–water partition coefficient (Wildman–Crippen LogP) is 2.39. The second kappa shape index (κ2) is 6.90. The van der Waals surface area contributed by atoms with Crippen molar-refractivity contribution in [2.24, 2.45) is 0 Å². The highest BCUT2D eigenvalue weighted by molar-refractivity contribution is 7.92. The number of nitrogens with zero attached hydrogens (tertiary/aromatic N) is 1. The van der Waals surface area contributed by atoms with Crippen LogP contribution in [0.15, 0.2) is 29.2 Å². The maximum atomic E-state index is 12.1. The summed E-state index contributed by atoms with van der Waals surface area (Å²) in [6.45, 7) is 5.64. The smallest absolute Gasteiger partial charge is 0.180 e. The van der Waals surface area contributed by atoms with Crippen molar-refractivity contribution in [2.45, 2.75) is 49.3 Å². The maximum Gasteiger partial charge on any atom is 0.180 e. The minimum Gasteiger partial charge on any atom is -0.396 e. The lowest BCUT2D eigenvalue weighted by Crippen LogP contribution is -2.26. The van der Waals surface area contributed by atoms with E-state index in [1.165, 1.54) is 12.8 Å². The summed E-state index contributed by atoms with van der Waals surface area (Å²) in [5.41, 5.74) is 1.09. The molecule has 4 nitrogen and oxygen atoms in total. The summed E-state index contributed by atoms with van der Waals surface area (Å²) >= 11 is 0. The third-order valence-electron chi connectivity index (χ3n) is 4.20. The number of sulfone groups is 1. The highest BCUT2D eigenvalue weighted by atomic mass is 32.2. The molecule has 1 fully saturated rings. The van der Waals surface area contributed by atoms with Crippen LogP contribution in [-0.2, 0) is 9.84 Å². The van der Waals surface area contributed by atoms with E-state index in [0.717, 1.165) is 18.7 Å². The van der Waals surface area contributed by atoms with Gasteiger partial charge in [0.1, 0.15) is 0 Å². The van der Waals surface area contributed by atoms with E-state index in [1.807, 2.05) is 12.1 Å². The van der Waals surface area contributed by atoms with Crippen LogP contribution >= 0.6 is 0 Å². The van der Waals surface area contributed by atoms with E-state index in [2.05, 4.69) is 4.90 Å². The molecule has 0 bridgehead atoms. The van der Waals surface area contributed by atoms with Gasteiger partial charge in [-0.05, 0) is 63.9 Å². The topological polar surface area (TPSA) is 57.6 Å². The van der Waals surface area contributed by atoms with Crippen molar-refractivity contribution < 1.29 is 13.5 Å². The van der Waals surface area contributed by atoms with E-state index in [-0.39, 0.29) is 12.6 Å². The standard InChI is InChI=1S/C16H25NO3S/c1-13(2)21(19,20)15-7-5-14(6-8-15)16(9-12-18)17-10-3-4-11-17/h5-8,13,16,18H,3-4,9-12H2,1-2H3. The summed E-state index contributed by atoms with van der Waals surface area (Å²) in [6.07, 6.45) is 3.08. The Kier molecular flexibility index (Phi) is 5.41. The number of hydrogen-bond acceptors (Lipinski definition) is 4. The SMILES string of the molecule is CC(C)S(=O)(=O)c1ccc(C(CCO)N2CCCC2)cc1. The van der Waals surface area contributed by atoms with Crippen LogP contribution in [0.2, 0.25) is 0 Å². The van der Waals surface area contributed by atoms with Crippen LogP contribution in [0, 0.1) is 0 Å². The van der Waals surface area contributed by atoms with Crippen molar-refractivity contribution in [1.29, 1.82) is 0 Å². The summed E-state index contributed by atoms with van der Waals surface area (Å²) in [4.78, 5) is 2.76. The van der Waals surface area contributed by atoms with E-state index in [1.54, 1.807) is 26.0 Å². The monoisotopic (exact) mass is 311 g/mol. The van der Waals surface area contributed by atoms with Crippen LogP contribution in [0.3, 0.4) is 0 Å². The number of aliphatic hydroxyl groups excluding tert-OH is 1. The highest BCUT2D eigenvalue weighted by Crippen LogP contribution is 2.29. The number of rotatable bonds is 6. The van der Waals surface area contributed by atoms with Gasteiger partial charge in [-0.15, -0.1) is 0 Å². The molecule has 21 heavy (non-hydrogen) atoms. The number of benzene rings is 1. The summed E-state index contributed by atoms with van der Waals surface area (Å²) < 4.78 is 24.3. The Balaban J connectivity index is 2.23. The first-order valence-corrected chi connectivity index (χ1v) is 9.20. The lowest BCUT2D eigenvalue weighted by molar-refractivity contribution is 0.185. The molecular weight excluding hydrogens is 286 g/mol. The highest BCUT2D eigenvalue weighted by Gasteiger charge is 2.24. The average Bonchev–Trinajstić information content (AvgIpc) is 2.98. The molecule has 1 aromatic rings. The van der Waals surface area contributed by atoms with Crippen molar-refractivity contribution in [3.63, 3.8) is 0 Å². The summed E-state index contributed by atoms with van der Waals surface area (Å²) in [5, 5.41) is 8.89. The summed E-state index contributed by atoms with van der Waals surface area (Å²) in [7, 11) is -3.21. The Bertz CT molecular complexity index is 545. The fraction of sp³-hybridized carbons (Fsp3) is 0.625. The molecule has 1 aliphatic heterocycles. The minimum absolute atomic E-state index is 0.146. The fourth-order valence-corrected chi connectivity index (χ4v) is 3.95. The summed E-state index contributed by atoms with van der Waals surface area (Å²) in [5.74, 6) is 0. The molecule has 0 aliphatic carbocycles. The molecular formula is C16H25NO3S.